The zero-order chi connectivity index (χ0) is 12.3. The average Bonchev–Trinajstić information content (AvgIpc) is 2.39. The summed E-state index contributed by atoms with van der Waals surface area (Å²) < 4.78 is 0. The van der Waals surface area contributed by atoms with E-state index in [1.54, 1.807) is 0 Å². The quantitative estimate of drug-likeness (QED) is 0.807. The van der Waals surface area contributed by atoms with Gasteiger partial charge in [-0.2, -0.15) is 0 Å². The van der Waals surface area contributed by atoms with Gasteiger partial charge in [-0.25, -0.2) is 4.98 Å². The largest absolute Gasteiger partial charge is 0.363 e. The van der Waals surface area contributed by atoms with Gasteiger partial charge >= 0.3 is 0 Å². The van der Waals surface area contributed by atoms with E-state index >= 15 is 0 Å². The van der Waals surface area contributed by atoms with Crippen molar-refractivity contribution < 1.29 is 0 Å². The monoisotopic (exact) mass is 246 g/mol. The molecule has 1 aromatic rings. The summed E-state index contributed by atoms with van der Waals surface area (Å²) in [6.45, 7) is 2.19. The highest BCUT2D eigenvalue weighted by Crippen LogP contribution is 2.39. The minimum Gasteiger partial charge on any atom is -0.363 e. The van der Waals surface area contributed by atoms with Gasteiger partial charge in [0.1, 0.15) is 5.82 Å². The smallest absolute Gasteiger partial charge is 0.128 e. The molecule has 0 N–H and O–H groups in total. The fraction of sp³-hybridized carbons (Fsp3) is 0.357. The second-order valence-corrected chi connectivity index (χ2v) is 5.49. The molecule has 0 amide bonds. The van der Waals surface area contributed by atoms with Gasteiger partial charge in [0, 0.05) is 14.1 Å². The van der Waals surface area contributed by atoms with E-state index in [-0.39, 0.29) is 0 Å². The topological polar surface area (TPSA) is 16.1 Å². The molecule has 0 spiro atoms. The maximum absolute atomic E-state index is 4.69. The van der Waals surface area contributed by atoms with E-state index in [1.807, 2.05) is 36.8 Å². The van der Waals surface area contributed by atoms with E-state index in [0.717, 1.165) is 17.9 Å². The molecule has 0 aliphatic carbocycles. The summed E-state index contributed by atoms with van der Waals surface area (Å²) in [5.41, 5.74) is 1.14. The van der Waals surface area contributed by atoms with Crippen LogP contribution in [0.15, 0.2) is 41.3 Å². The lowest BCUT2D eigenvalue weighted by atomic mass is 10.2. The van der Waals surface area contributed by atoms with Crippen LogP contribution in [0.1, 0.15) is 24.3 Å². The van der Waals surface area contributed by atoms with Gasteiger partial charge in [0.25, 0.3) is 0 Å². The predicted octanol–water partition coefficient (Wildman–Crippen LogP) is 3.79. The Morgan fingerprint density at radius 3 is 2.88 bits per heavy atom. The van der Waals surface area contributed by atoms with Gasteiger partial charge in [0.15, 0.2) is 0 Å². The minimum atomic E-state index is 0.356. The summed E-state index contributed by atoms with van der Waals surface area (Å²) in [6.07, 6.45) is 7.64. The fourth-order valence-corrected chi connectivity index (χ4v) is 2.78. The van der Waals surface area contributed by atoms with Crippen LogP contribution in [0.3, 0.4) is 0 Å². The molecule has 1 aliphatic heterocycles. The van der Waals surface area contributed by atoms with E-state index in [9.17, 15) is 0 Å². The molecule has 2 heterocycles. The van der Waals surface area contributed by atoms with Crippen LogP contribution in [-0.2, 0) is 0 Å². The van der Waals surface area contributed by atoms with E-state index in [0.29, 0.717) is 5.25 Å². The highest BCUT2D eigenvalue weighted by Gasteiger charge is 2.15. The van der Waals surface area contributed by atoms with E-state index < -0.39 is 0 Å². The highest BCUT2D eigenvalue weighted by molar-refractivity contribution is 8.03. The van der Waals surface area contributed by atoms with Crippen LogP contribution in [0.5, 0.6) is 0 Å². The molecule has 0 saturated carbocycles. The van der Waals surface area contributed by atoms with Gasteiger partial charge in [-0.15, -0.1) is 11.8 Å². The lowest BCUT2D eigenvalue weighted by Crippen LogP contribution is -2.11. The fourth-order valence-electron chi connectivity index (χ4n) is 1.71. The van der Waals surface area contributed by atoms with Gasteiger partial charge in [-0.05, 0) is 23.5 Å². The number of rotatable bonds is 3. The second-order valence-electron chi connectivity index (χ2n) is 4.22. The van der Waals surface area contributed by atoms with Crippen LogP contribution in [0, 0.1) is 0 Å². The molecule has 0 aromatic carbocycles. The molecule has 0 bridgehead atoms. The number of hydrogen-bond donors (Lipinski definition) is 0. The molecular formula is C14H18N2S. The Kier molecular flexibility index (Phi) is 3.89. The molecule has 1 atom stereocenters. The third-order valence-electron chi connectivity index (χ3n) is 2.70. The van der Waals surface area contributed by atoms with Crippen molar-refractivity contribution in [1.82, 2.24) is 4.98 Å². The van der Waals surface area contributed by atoms with Crippen molar-refractivity contribution in [3.05, 3.63) is 47.0 Å². The van der Waals surface area contributed by atoms with E-state index in [1.165, 1.54) is 4.91 Å². The first kappa shape index (κ1) is 12.2. The number of thioether (sulfide) groups is 1. The van der Waals surface area contributed by atoms with Crippen molar-refractivity contribution in [2.45, 2.75) is 18.6 Å². The number of anilines is 1. The van der Waals surface area contributed by atoms with Gasteiger partial charge in [0.2, 0.25) is 0 Å². The molecule has 1 unspecified atom stereocenters. The lowest BCUT2D eigenvalue weighted by Gasteiger charge is -2.19. The zero-order valence-corrected chi connectivity index (χ0v) is 11.4. The van der Waals surface area contributed by atoms with Crippen LogP contribution in [0.4, 0.5) is 5.82 Å². The summed E-state index contributed by atoms with van der Waals surface area (Å²) in [5.74, 6) is 1.02. The standard InChI is InChI=1S/C14H18N2S/c1-4-11-7-5-9-13(17-11)12-8-6-10-14(15-12)16(2)3/h5-10,13H,4H2,1-3H3. The van der Waals surface area contributed by atoms with Crippen molar-refractivity contribution in [3.63, 3.8) is 0 Å². The Bertz CT molecular complexity index is 449. The van der Waals surface area contributed by atoms with Crippen molar-refractivity contribution in [2.24, 2.45) is 0 Å². The lowest BCUT2D eigenvalue weighted by molar-refractivity contribution is 1.01. The minimum absolute atomic E-state index is 0.356. The van der Waals surface area contributed by atoms with Crippen LogP contribution >= 0.6 is 11.8 Å². The number of hydrogen-bond acceptors (Lipinski definition) is 3. The third-order valence-corrected chi connectivity index (χ3v) is 4.08. The van der Waals surface area contributed by atoms with Gasteiger partial charge < -0.3 is 4.90 Å². The van der Waals surface area contributed by atoms with Gasteiger partial charge in [-0.3, -0.25) is 0 Å². The van der Waals surface area contributed by atoms with Crippen LogP contribution < -0.4 is 4.90 Å². The van der Waals surface area contributed by atoms with E-state index in [2.05, 4.69) is 37.3 Å². The molecule has 2 rings (SSSR count). The molecule has 0 saturated heterocycles. The summed E-state index contributed by atoms with van der Waals surface area (Å²) in [7, 11) is 4.04. The Balaban J connectivity index is 2.21. The maximum atomic E-state index is 4.69. The molecule has 1 aliphatic rings. The zero-order valence-electron chi connectivity index (χ0n) is 10.6. The SMILES string of the molecule is CCC1=CC=CC(c2cccc(N(C)C)n2)S1. The summed E-state index contributed by atoms with van der Waals surface area (Å²) >= 11 is 1.90. The molecule has 90 valence electrons. The first-order valence-electron chi connectivity index (χ1n) is 5.89. The first-order chi connectivity index (χ1) is 8.20. The second kappa shape index (κ2) is 5.41. The van der Waals surface area contributed by atoms with Crippen LogP contribution in [-0.4, -0.2) is 19.1 Å². The third kappa shape index (κ3) is 2.91. The molecular weight excluding hydrogens is 228 g/mol. The summed E-state index contributed by atoms with van der Waals surface area (Å²) in [5, 5.41) is 0.356. The Labute approximate surface area is 107 Å². The van der Waals surface area contributed by atoms with Crippen molar-refractivity contribution in [3.8, 4) is 0 Å². The predicted molar refractivity (Wildman–Crippen MR) is 76.4 cm³/mol. The summed E-state index contributed by atoms with van der Waals surface area (Å²) in [6, 6.07) is 6.22. The molecule has 0 radical (unpaired) electrons. The Morgan fingerprint density at radius 2 is 2.18 bits per heavy atom. The highest BCUT2D eigenvalue weighted by atomic mass is 32.2. The Hall–Kier alpha value is -1.22. The van der Waals surface area contributed by atoms with Gasteiger partial charge in [-0.1, -0.05) is 31.2 Å². The number of allylic oxidation sites excluding steroid dienone is 3. The average molecular weight is 246 g/mol. The van der Waals surface area contributed by atoms with Crippen LogP contribution in [0.2, 0.25) is 0 Å². The number of aromatic nitrogens is 1. The van der Waals surface area contributed by atoms with Crippen molar-refractivity contribution in [2.75, 3.05) is 19.0 Å². The normalized spacial score (nSPS) is 19.0. The molecule has 1 aromatic heterocycles. The summed E-state index contributed by atoms with van der Waals surface area (Å²) in [4.78, 5) is 8.16. The molecule has 0 fully saturated rings. The van der Waals surface area contributed by atoms with Crippen molar-refractivity contribution >= 4 is 17.6 Å². The number of nitrogens with zero attached hydrogens (tertiary/aromatic N) is 2. The first-order valence-corrected chi connectivity index (χ1v) is 6.77. The van der Waals surface area contributed by atoms with Crippen molar-refractivity contribution in [1.29, 1.82) is 0 Å². The molecule has 2 nitrogen and oxygen atoms in total. The van der Waals surface area contributed by atoms with E-state index in [4.69, 9.17) is 4.98 Å². The van der Waals surface area contributed by atoms with Gasteiger partial charge in [0.05, 0.1) is 10.9 Å². The Morgan fingerprint density at radius 1 is 1.35 bits per heavy atom. The number of pyridine rings is 1. The molecule has 3 heteroatoms. The van der Waals surface area contributed by atoms with Crippen LogP contribution in [0.25, 0.3) is 0 Å². The molecule has 17 heavy (non-hydrogen) atoms. The maximum Gasteiger partial charge on any atom is 0.128 e.